The van der Waals surface area contributed by atoms with Crippen LogP contribution < -0.4 is 4.90 Å². The summed E-state index contributed by atoms with van der Waals surface area (Å²) in [6.07, 6.45) is 4.41. The summed E-state index contributed by atoms with van der Waals surface area (Å²) in [7, 11) is 0. The number of pyridine rings is 1. The lowest BCUT2D eigenvalue weighted by molar-refractivity contribution is 0.0993. The number of hydrogen-bond donors (Lipinski definition) is 0. The van der Waals surface area contributed by atoms with Crippen molar-refractivity contribution in [3.05, 3.63) is 70.2 Å². The van der Waals surface area contributed by atoms with E-state index in [1.807, 2.05) is 35.8 Å². The summed E-state index contributed by atoms with van der Waals surface area (Å²) in [4.78, 5) is 19.6. The van der Waals surface area contributed by atoms with E-state index < -0.39 is 0 Å². The number of thiophene rings is 1. The molecule has 1 aliphatic rings. The van der Waals surface area contributed by atoms with Gasteiger partial charge in [-0.1, -0.05) is 18.2 Å². The monoisotopic (exact) mass is 331 g/mol. The van der Waals surface area contributed by atoms with Gasteiger partial charge in [0.25, 0.3) is 5.91 Å². The molecular formula is C19H13N3OS. The van der Waals surface area contributed by atoms with Crippen molar-refractivity contribution in [1.82, 2.24) is 4.98 Å². The van der Waals surface area contributed by atoms with Crippen LogP contribution in [0.1, 0.15) is 20.8 Å². The third-order valence-corrected chi connectivity index (χ3v) is 5.07. The van der Waals surface area contributed by atoms with Gasteiger partial charge in [0.1, 0.15) is 0 Å². The molecule has 0 radical (unpaired) electrons. The number of hydrogen-bond acceptors (Lipinski definition) is 4. The molecule has 24 heavy (non-hydrogen) atoms. The maximum absolute atomic E-state index is 12.7. The standard InChI is InChI=1S/C19H13N3OS/c20-10-13-3-5-14(6-4-13)16-11-21-12-17-15(16)7-8-22(17)19(23)18-2-1-9-24-18/h1-6,9,11-12H,7-8H2. The quantitative estimate of drug-likeness (QED) is 0.716. The van der Waals surface area contributed by atoms with Crippen LogP contribution in [0.4, 0.5) is 5.69 Å². The first kappa shape index (κ1) is 14.6. The number of aromatic nitrogens is 1. The van der Waals surface area contributed by atoms with E-state index in [1.54, 1.807) is 23.2 Å². The first-order valence-corrected chi connectivity index (χ1v) is 8.48. The summed E-state index contributed by atoms with van der Waals surface area (Å²) in [5.41, 5.74) is 4.70. The highest BCUT2D eigenvalue weighted by Crippen LogP contribution is 2.36. The van der Waals surface area contributed by atoms with Crippen LogP contribution in [-0.4, -0.2) is 17.4 Å². The molecule has 0 aliphatic carbocycles. The number of rotatable bonds is 2. The molecule has 1 aromatic carbocycles. The summed E-state index contributed by atoms with van der Waals surface area (Å²) in [6.45, 7) is 0.668. The Morgan fingerprint density at radius 3 is 2.75 bits per heavy atom. The van der Waals surface area contributed by atoms with Crippen LogP contribution in [0.2, 0.25) is 0 Å². The van der Waals surface area contributed by atoms with Gasteiger partial charge in [0.15, 0.2) is 0 Å². The van der Waals surface area contributed by atoms with Gasteiger partial charge in [0.2, 0.25) is 0 Å². The average molecular weight is 331 g/mol. The van der Waals surface area contributed by atoms with Crippen molar-refractivity contribution in [2.45, 2.75) is 6.42 Å². The van der Waals surface area contributed by atoms with E-state index in [4.69, 9.17) is 5.26 Å². The number of benzene rings is 1. The molecular weight excluding hydrogens is 318 g/mol. The van der Waals surface area contributed by atoms with Crippen molar-refractivity contribution in [3.8, 4) is 17.2 Å². The predicted octanol–water partition coefficient (Wildman–Crippen LogP) is 3.88. The van der Waals surface area contributed by atoms with Gasteiger partial charge in [-0.05, 0) is 41.1 Å². The number of amides is 1. The van der Waals surface area contributed by atoms with Gasteiger partial charge in [-0.2, -0.15) is 5.26 Å². The van der Waals surface area contributed by atoms with E-state index in [2.05, 4.69) is 11.1 Å². The zero-order valence-corrected chi connectivity index (χ0v) is 13.6. The first-order valence-electron chi connectivity index (χ1n) is 7.61. The molecule has 0 atom stereocenters. The Bertz CT molecular complexity index is 940. The second-order valence-electron chi connectivity index (χ2n) is 5.56. The van der Waals surface area contributed by atoms with E-state index >= 15 is 0 Å². The largest absolute Gasteiger partial charge is 0.306 e. The van der Waals surface area contributed by atoms with Crippen LogP contribution in [0.3, 0.4) is 0 Å². The van der Waals surface area contributed by atoms with Crippen molar-refractivity contribution < 1.29 is 4.79 Å². The van der Waals surface area contributed by atoms with E-state index in [0.717, 1.165) is 33.7 Å². The lowest BCUT2D eigenvalue weighted by Crippen LogP contribution is -2.28. The molecule has 0 N–H and O–H groups in total. The van der Waals surface area contributed by atoms with Crippen LogP contribution in [0.5, 0.6) is 0 Å². The fourth-order valence-corrected chi connectivity index (χ4v) is 3.70. The Hall–Kier alpha value is -2.97. The molecule has 1 aliphatic heterocycles. The van der Waals surface area contributed by atoms with Gasteiger partial charge in [-0.15, -0.1) is 11.3 Å². The van der Waals surface area contributed by atoms with Crippen molar-refractivity contribution in [1.29, 1.82) is 5.26 Å². The number of anilines is 1. The third-order valence-electron chi connectivity index (χ3n) is 4.21. The Morgan fingerprint density at radius 1 is 1.21 bits per heavy atom. The minimum absolute atomic E-state index is 0.0301. The Labute approximate surface area is 143 Å². The molecule has 0 unspecified atom stereocenters. The SMILES string of the molecule is N#Cc1ccc(-c2cncc3c2CCN3C(=O)c2cccs2)cc1. The molecule has 0 spiro atoms. The Kier molecular flexibility index (Phi) is 3.60. The van der Waals surface area contributed by atoms with Gasteiger partial charge in [-0.3, -0.25) is 9.78 Å². The number of carbonyl (C=O) groups is 1. The third kappa shape index (κ3) is 2.38. The van der Waals surface area contributed by atoms with E-state index in [9.17, 15) is 4.79 Å². The number of nitrogens with zero attached hydrogens (tertiary/aromatic N) is 3. The van der Waals surface area contributed by atoms with E-state index in [0.29, 0.717) is 12.1 Å². The molecule has 4 rings (SSSR count). The highest BCUT2D eigenvalue weighted by Gasteiger charge is 2.28. The maximum atomic E-state index is 12.7. The predicted molar refractivity (Wildman–Crippen MR) is 94.1 cm³/mol. The summed E-state index contributed by atoms with van der Waals surface area (Å²) in [5, 5.41) is 10.8. The van der Waals surface area contributed by atoms with Gasteiger partial charge in [-0.25, -0.2) is 0 Å². The minimum Gasteiger partial charge on any atom is -0.306 e. The van der Waals surface area contributed by atoms with Crippen LogP contribution >= 0.6 is 11.3 Å². The summed E-state index contributed by atoms with van der Waals surface area (Å²) >= 11 is 1.45. The number of nitriles is 1. The van der Waals surface area contributed by atoms with E-state index in [1.165, 1.54) is 11.3 Å². The number of carbonyl (C=O) groups excluding carboxylic acids is 1. The van der Waals surface area contributed by atoms with Crippen molar-refractivity contribution in [2.75, 3.05) is 11.4 Å². The molecule has 3 heterocycles. The second-order valence-corrected chi connectivity index (χ2v) is 6.51. The van der Waals surface area contributed by atoms with Crippen LogP contribution in [0.15, 0.2) is 54.2 Å². The zero-order valence-electron chi connectivity index (χ0n) is 12.8. The lowest BCUT2D eigenvalue weighted by Gasteiger charge is -2.16. The topological polar surface area (TPSA) is 57.0 Å². The average Bonchev–Trinajstić information content (AvgIpc) is 3.31. The molecule has 3 aromatic rings. The molecule has 0 bridgehead atoms. The molecule has 0 saturated heterocycles. The van der Waals surface area contributed by atoms with Gasteiger partial charge >= 0.3 is 0 Å². The lowest BCUT2D eigenvalue weighted by atomic mass is 9.99. The van der Waals surface area contributed by atoms with Gasteiger partial charge in [0.05, 0.1) is 28.4 Å². The maximum Gasteiger partial charge on any atom is 0.268 e. The van der Waals surface area contributed by atoms with E-state index in [-0.39, 0.29) is 5.91 Å². The fraction of sp³-hybridized carbons (Fsp3) is 0.105. The smallest absolute Gasteiger partial charge is 0.268 e. The molecule has 116 valence electrons. The summed E-state index contributed by atoms with van der Waals surface area (Å²) in [5.74, 6) is 0.0301. The minimum atomic E-state index is 0.0301. The van der Waals surface area contributed by atoms with Crippen molar-refractivity contribution in [3.63, 3.8) is 0 Å². The highest BCUT2D eigenvalue weighted by molar-refractivity contribution is 7.12. The van der Waals surface area contributed by atoms with Gasteiger partial charge < -0.3 is 4.90 Å². The van der Waals surface area contributed by atoms with Gasteiger partial charge in [0, 0.05) is 18.3 Å². The molecule has 2 aromatic heterocycles. The fourth-order valence-electron chi connectivity index (χ4n) is 3.03. The van der Waals surface area contributed by atoms with Crippen molar-refractivity contribution in [2.24, 2.45) is 0 Å². The highest BCUT2D eigenvalue weighted by atomic mass is 32.1. The molecule has 1 amide bonds. The number of fused-ring (bicyclic) bond motifs is 1. The van der Waals surface area contributed by atoms with Crippen LogP contribution in [0.25, 0.3) is 11.1 Å². The van der Waals surface area contributed by atoms with Crippen LogP contribution in [-0.2, 0) is 6.42 Å². The zero-order chi connectivity index (χ0) is 16.5. The molecule has 0 fully saturated rings. The van der Waals surface area contributed by atoms with Crippen LogP contribution in [0, 0.1) is 11.3 Å². The first-order chi connectivity index (χ1) is 11.8. The summed E-state index contributed by atoms with van der Waals surface area (Å²) in [6, 6.07) is 13.3. The second kappa shape index (κ2) is 5.91. The summed E-state index contributed by atoms with van der Waals surface area (Å²) < 4.78 is 0. The normalized spacial score (nSPS) is 12.7. The van der Waals surface area contributed by atoms with Crippen molar-refractivity contribution >= 4 is 22.9 Å². The Morgan fingerprint density at radius 2 is 2.04 bits per heavy atom. The molecule has 5 heteroatoms. The molecule has 0 saturated carbocycles. The molecule has 4 nitrogen and oxygen atoms in total. The Balaban J connectivity index is 1.73.